The summed E-state index contributed by atoms with van der Waals surface area (Å²) in [5, 5.41) is 3.14. The molecule has 1 saturated carbocycles. The second kappa shape index (κ2) is 4.92. The molecule has 4 nitrogen and oxygen atoms in total. The van der Waals surface area contributed by atoms with E-state index in [2.05, 4.69) is 26.2 Å². The summed E-state index contributed by atoms with van der Waals surface area (Å²) in [4.78, 5) is 16.0. The smallest absolute Gasteiger partial charge is 0.244 e. The summed E-state index contributed by atoms with van der Waals surface area (Å²) in [5.41, 5.74) is 5.92. The van der Waals surface area contributed by atoms with Crippen molar-refractivity contribution in [1.29, 1.82) is 0 Å². The van der Waals surface area contributed by atoms with Gasteiger partial charge in [-0.05, 0) is 34.8 Å². The number of amides is 1. The van der Waals surface area contributed by atoms with E-state index in [4.69, 9.17) is 17.3 Å². The molecule has 1 aliphatic rings. The molecule has 1 aliphatic carbocycles. The van der Waals surface area contributed by atoms with Gasteiger partial charge in [0, 0.05) is 0 Å². The molecule has 0 atom stereocenters. The lowest BCUT2D eigenvalue weighted by Crippen LogP contribution is -2.48. The van der Waals surface area contributed by atoms with Crippen LogP contribution in [0.25, 0.3) is 0 Å². The first-order chi connectivity index (χ1) is 8.01. The number of aromatic nitrogens is 1. The highest BCUT2D eigenvalue weighted by molar-refractivity contribution is 9.10. The lowest BCUT2D eigenvalue weighted by molar-refractivity contribution is -0.121. The molecule has 0 radical (unpaired) electrons. The van der Waals surface area contributed by atoms with Crippen LogP contribution >= 0.6 is 27.5 Å². The van der Waals surface area contributed by atoms with Crippen molar-refractivity contribution < 1.29 is 4.79 Å². The molecule has 1 aromatic rings. The van der Waals surface area contributed by atoms with Crippen molar-refractivity contribution in [2.75, 3.05) is 5.32 Å². The number of anilines is 1. The van der Waals surface area contributed by atoms with Crippen molar-refractivity contribution in [2.24, 2.45) is 5.73 Å². The van der Waals surface area contributed by atoms with Gasteiger partial charge < -0.3 is 11.1 Å². The van der Waals surface area contributed by atoms with E-state index in [1.54, 1.807) is 6.07 Å². The molecule has 17 heavy (non-hydrogen) atoms. The maximum atomic E-state index is 12.0. The molecule has 6 heteroatoms. The van der Waals surface area contributed by atoms with Crippen molar-refractivity contribution in [2.45, 2.75) is 31.2 Å². The Morgan fingerprint density at radius 3 is 2.76 bits per heavy atom. The molecule has 1 fully saturated rings. The van der Waals surface area contributed by atoms with Crippen molar-refractivity contribution in [3.63, 3.8) is 0 Å². The van der Waals surface area contributed by atoms with Crippen LogP contribution in [-0.4, -0.2) is 16.4 Å². The summed E-state index contributed by atoms with van der Waals surface area (Å²) < 4.78 is 0.648. The first-order valence-corrected chi connectivity index (χ1v) is 6.60. The van der Waals surface area contributed by atoms with Gasteiger partial charge in [0.1, 0.15) is 5.15 Å². The van der Waals surface area contributed by atoms with Crippen LogP contribution in [0.5, 0.6) is 0 Å². The molecule has 1 amide bonds. The Morgan fingerprint density at radius 1 is 1.53 bits per heavy atom. The standard InChI is InChI=1S/C11H13BrClN3O/c12-8-5-7(6-15-9(8)13)16-10(17)11(14)3-1-2-4-11/h5-6H,1-4,14H2,(H,16,17). The fourth-order valence-corrected chi connectivity index (χ4v) is 2.43. The van der Waals surface area contributed by atoms with Crippen LogP contribution in [0, 0.1) is 0 Å². The Balaban J connectivity index is 2.10. The number of halogens is 2. The summed E-state index contributed by atoms with van der Waals surface area (Å²) in [6, 6.07) is 1.71. The third-order valence-electron chi connectivity index (χ3n) is 3.00. The van der Waals surface area contributed by atoms with Crippen LogP contribution in [0.1, 0.15) is 25.7 Å². The van der Waals surface area contributed by atoms with Gasteiger partial charge in [0.15, 0.2) is 0 Å². The molecule has 0 unspecified atom stereocenters. The summed E-state index contributed by atoms with van der Waals surface area (Å²) in [5.74, 6) is -0.147. The Morgan fingerprint density at radius 2 is 2.18 bits per heavy atom. The van der Waals surface area contributed by atoms with Crippen molar-refractivity contribution in [1.82, 2.24) is 4.98 Å². The molecule has 1 heterocycles. The highest BCUT2D eigenvalue weighted by Crippen LogP contribution is 2.29. The highest BCUT2D eigenvalue weighted by atomic mass is 79.9. The summed E-state index contributed by atoms with van der Waals surface area (Å²) >= 11 is 9.03. The van der Waals surface area contributed by atoms with E-state index in [9.17, 15) is 4.79 Å². The number of rotatable bonds is 2. The number of carbonyl (C=O) groups is 1. The molecule has 0 aliphatic heterocycles. The molecule has 0 spiro atoms. The van der Waals surface area contributed by atoms with Gasteiger partial charge >= 0.3 is 0 Å². The van der Waals surface area contributed by atoms with Crippen LogP contribution < -0.4 is 11.1 Å². The molecule has 0 aromatic carbocycles. The zero-order valence-corrected chi connectivity index (χ0v) is 11.5. The molecule has 0 bridgehead atoms. The molecule has 3 N–H and O–H groups in total. The van der Waals surface area contributed by atoms with Crippen molar-refractivity contribution in [3.05, 3.63) is 21.9 Å². The zero-order valence-electron chi connectivity index (χ0n) is 9.17. The minimum atomic E-state index is -0.730. The van der Waals surface area contributed by atoms with Gasteiger partial charge in [0.05, 0.1) is 21.9 Å². The first-order valence-electron chi connectivity index (χ1n) is 5.43. The van der Waals surface area contributed by atoms with E-state index in [0.29, 0.717) is 15.3 Å². The fourth-order valence-electron chi connectivity index (χ4n) is 1.98. The van der Waals surface area contributed by atoms with Gasteiger partial charge in [-0.25, -0.2) is 4.98 Å². The zero-order chi connectivity index (χ0) is 12.5. The number of nitrogens with two attached hydrogens (primary N) is 1. The van der Waals surface area contributed by atoms with Gasteiger partial charge in [-0.1, -0.05) is 24.4 Å². The largest absolute Gasteiger partial charge is 0.323 e. The first kappa shape index (κ1) is 12.8. The predicted molar refractivity (Wildman–Crippen MR) is 71.0 cm³/mol. The third kappa shape index (κ3) is 2.78. The molecule has 2 rings (SSSR count). The molecule has 92 valence electrons. The van der Waals surface area contributed by atoms with Crippen LogP contribution in [0.2, 0.25) is 5.15 Å². The second-order valence-electron chi connectivity index (χ2n) is 4.31. The van der Waals surface area contributed by atoms with E-state index >= 15 is 0 Å². The quantitative estimate of drug-likeness (QED) is 0.824. The minimum absolute atomic E-state index is 0.147. The summed E-state index contributed by atoms with van der Waals surface area (Å²) in [7, 11) is 0. The van der Waals surface area contributed by atoms with Gasteiger partial charge in [-0.15, -0.1) is 0 Å². The number of nitrogens with one attached hydrogen (secondary N) is 1. The number of nitrogens with zero attached hydrogens (tertiary/aromatic N) is 1. The number of pyridine rings is 1. The maximum Gasteiger partial charge on any atom is 0.244 e. The summed E-state index contributed by atoms with van der Waals surface area (Å²) in [6.45, 7) is 0. The lowest BCUT2D eigenvalue weighted by atomic mass is 9.98. The topological polar surface area (TPSA) is 68.0 Å². The monoisotopic (exact) mass is 317 g/mol. The number of hydrogen-bond donors (Lipinski definition) is 2. The van der Waals surface area contributed by atoms with Crippen LogP contribution in [0.15, 0.2) is 16.7 Å². The van der Waals surface area contributed by atoms with Crippen LogP contribution in [0.3, 0.4) is 0 Å². The SMILES string of the molecule is NC1(C(=O)Nc2cnc(Cl)c(Br)c2)CCCC1. The molecule has 0 saturated heterocycles. The van der Waals surface area contributed by atoms with Crippen LogP contribution in [-0.2, 0) is 4.79 Å². The van der Waals surface area contributed by atoms with Gasteiger partial charge in [-0.2, -0.15) is 0 Å². The molecular formula is C11H13BrClN3O. The maximum absolute atomic E-state index is 12.0. The summed E-state index contributed by atoms with van der Waals surface area (Å²) in [6.07, 6.45) is 5.00. The highest BCUT2D eigenvalue weighted by Gasteiger charge is 2.36. The number of hydrogen-bond acceptors (Lipinski definition) is 3. The predicted octanol–water partition coefficient (Wildman–Crippen LogP) is 2.71. The average Bonchev–Trinajstić information content (AvgIpc) is 2.72. The van der Waals surface area contributed by atoms with Gasteiger partial charge in [0.25, 0.3) is 0 Å². The third-order valence-corrected chi connectivity index (χ3v) is 4.14. The number of carbonyl (C=O) groups excluding carboxylic acids is 1. The Labute approximate surface area is 113 Å². The van der Waals surface area contributed by atoms with E-state index in [1.165, 1.54) is 6.20 Å². The Bertz CT molecular complexity index is 446. The lowest BCUT2D eigenvalue weighted by Gasteiger charge is -2.22. The molecular weight excluding hydrogens is 305 g/mol. The van der Waals surface area contributed by atoms with Crippen molar-refractivity contribution >= 4 is 39.1 Å². The van der Waals surface area contributed by atoms with E-state index in [1.807, 2.05) is 0 Å². The average molecular weight is 319 g/mol. The molecule has 1 aromatic heterocycles. The van der Waals surface area contributed by atoms with Gasteiger partial charge in [-0.3, -0.25) is 4.79 Å². The van der Waals surface area contributed by atoms with Crippen LogP contribution in [0.4, 0.5) is 5.69 Å². The normalized spacial score (nSPS) is 18.1. The minimum Gasteiger partial charge on any atom is -0.323 e. The van der Waals surface area contributed by atoms with Crippen molar-refractivity contribution in [3.8, 4) is 0 Å². The second-order valence-corrected chi connectivity index (χ2v) is 5.53. The van der Waals surface area contributed by atoms with E-state index in [-0.39, 0.29) is 5.91 Å². The Kier molecular flexibility index (Phi) is 3.70. The van der Waals surface area contributed by atoms with E-state index in [0.717, 1.165) is 25.7 Å². The van der Waals surface area contributed by atoms with E-state index < -0.39 is 5.54 Å². The Hall–Kier alpha value is -0.650. The fraction of sp³-hybridized carbons (Fsp3) is 0.455. The van der Waals surface area contributed by atoms with Gasteiger partial charge in [0.2, 0.25) is 5.91 Å².